The number of hydrogen-bond acceptors (Lipinski definition) is 4. The van der Waals surface area contributed by atoms with Gasteiger partial charge in [-0.1, -0.05) is 25.9 Å². The molecule has 0 spiro atoms. The molecule has 1 aromatic rings. The van der Waals surface area contributed by atoms with Crippen LogP contribution in [0.15, 0.2) is 4.52 Å². The molecule has 0 bridgehead atoms. The lowest BCUT2D eigenvalue weighted by Gasteiger charge is -2.36. The smallest absolute Gasteiger partial charge is 0.240 e. The lowest BCUT2D eigenvalue weighted by molar-refractivity contribution is 0.166. The molecule has 0 amide bonds. The van der Waals surface area contributed by atoms with Crippen molar-refractivity contribution >= 4 is 0 Å². The van der Waals surface area contributed by atoms with Gasteiger partial charge in [-0.15, -0.1) is 0 Å². The number of aromatic nitrogens is 2. The Hall–Kier alpha value is -0.900. The molecule has 0 saturated heterocycles. The van der Waals surface area contributed by atoms with Crippen LogP contribution in [0.4, 0.5) is 0 Å². The fraction of sp³-hybridized carbons (Fsp3) is 0.846. The van der Waals surface area contributed by atoms with Gasteiger partial charge in [0.15, 0.2) is 5.82 Å². The number of nitrogens with two attached hydrogens (primary N) is 1. The van der Waals surface area contributed by atoms with Gasteiger partial charge in [-0.3, -0.25) is 0 Å². The zero-order valence-electron chi connectivity index (χ0n) is 11.1. The molecule has 0 atom stereocenters. The normalized spacial score (nSPS) is 26.1. The maximum atomic E-state index is 5.48. The first-order valence-corrected chi connectivity index (χ1v) is 6.53. The van der Waals surface area contributed by atoms with Gasteiger partial charge >= 0.3 is 0 Å². The average molecular weight is 237 g/mol. The molecule has 1 fully saturated rings. The van der Waals surface area contributed by atoms with E-state index in [1.165, 1.54) is 25.7 Å². The monoisotopic (exact) mass is 237 g/mol. The van der Waals surface area contributed by atoms with E-state index in [0.717, 1.165) is 11.7 Å². The minimum atomic E-state index is 0.338. The van der Waals surface area contributed by atoms with E-state index in [1.54, 1.807) is 0 Å². The summed E-state index contributed by atoms with van der Waals surface area (Å²) in [5.41, 5.74) is 5.90. The Morgan fingerprint density at radius 3 is 2.35 bits per heavy atom. The zero-order valence-corrected chi connectivity index (χ0v) is 11.1. The molecule has 1 aliphatic carbocycles. The topological polar surface area (TPSA) is 64.9 Å². The molecular weight excluding hydrogens is 214 g/mol. The van der Waals surface area contributed by atoms with Crippen molar-refractivity contribution in [2.45, 2.75) is 58.9 Å². The van der Waals surface area contributed by atoms with E-state index in [1.807, 2.05) is 0 Å². The van der Waals surface area contributed by atoms with Crippen molar-refractivity contribution in [1.82, 2.24) is 10.1 Å². The fourth-order valence-corrected chi connectivity index (χ4v) is 2.73. The average Bonchev–Trinajstić information content (AvgIpc) is 2.76. The Morgan fingerprint density at radius 1 is 1.24 bits per heavy atom. The summed E-state index contributed by atoms with van der Waals surface area (Å²) in [7, 11) is 0. The molecule has 1 aromatic heterocycles. The summed E-state index contributed by atoms with van der Waals surface area (Å²) < 4.78 is 5.08. The van der Waals surface area contributed by atoms with Crippen LogP contribution in [0.25, 0.3) is 0 Å². The van der Waals surface area contributed by atoms with Gasteiger partial charge in [0.1, 0.15) is 0 Å². The molecule has 4 nitrogen and oxygen atoms in total. The third-order valence-corrected chi connectivity index (χ3v) is 3.98. The highest BCUT2D eigenvalue weighted by Gasteiger charge is 2.31. The summed E-state index contributed by atoms with van der Waals surface area (Å²) in [6, 6.07) is 0. The summed E-state index contributed by atoms with van der Waals surface area (Å²) in [5, 5.41) is 4.03. The van der Waals surface area contributed by atoms with Crippen LogP contribution in [-0.4, -0.2) is 10.1 Å². The Kier molecular flexibility index (Phi) is 3.52. The van der Waals surface area contributed by atoms with Crippen LogP contribution < -0.4 is 5.73 Å². The molecule has 0 aliphatic heterocycles. The second kappa shape index (κ2) is 4.77. The van der Waals surface area contributed by atoms with Crippen LogP contribution in [0.1, 0.15) is 64.1 Å². The van der Waals surface area contributed by atoms with E-state index >= 15 is 0 Å². The Balaban J connectivity index is 1.95. The van der Waals surface area contributed by atoms with Crippen molar-refractivity contribution < 1.29 is 4.52 Å². The van der Waals surface area contributed by atoms with Crippen LogP contribution in [0.3, 0.4) is 0 Å². The highest BCUT2D eigenvalue weighted by atomic mass is 16.5. The summed E-state index contributed by atoms with van der Waals surface area (Å²) in [6.45, 7) is 7.33. The van der Waals surface area contributed by atoms with Crippen LogP contribution in [0.5, 0.6) is 0 Å². The van der Waals surface area contributed by atoms with Gasteiger partial charge in [0.05, 0.1) is 6.54 Å². The molecule has 96 valence electrons. The zero-order chi connectivity index (χ0) is 12.5. The fourth-order valence-electron chi connectivity index (χ4n) is 2.73. The number of hydrogen-bond donors (Lipinski definition) is 1. The highest BCUT2D eigenvalue weighted by Crippen LogP contribution is 2.42. The van der Waals surface area contributed by atoms with E-state index in [-0.39, 0.29) is 0 Å². The van der Waals surface area contributed by atoms with Crippen molar-refractivity contribution in [1.29, 1.82) is 0 Å². The second-order valence-electron chi connectivity index (χ2n) is 6.17. The highest BCUT2D eigenvalue weighted by molar-refractivity contribution is 4.98. The molecule has 1 heterocycles. The predicted molar refractivity (Wildman–Crippen MR) is 66.3 cm³/mol. The molecule has 17 heavy (non-hydrogen) atoms. The Morgan fingerprint density at radius 2 is 1.88 bits per heavy atom. The van der Waals surface area contributed by atoms with Crippen molar-refractivity contribution in [2.24, 2.45) is 17.1 Å². The van der Waals surface area contributed by atoms with Crippen molar-refractivity contribution in [3.8, 4) is 0 Å². The van der Waals surface area contributed by atoms with E-state index in [2.05, 4.69) is 30.9 Å². The summed E-state index contributed by atoms with van der Waals surface area (Å²) >= 11 is 0. The van der Waals surface area contributed by atoms with Crippen LogP contribution in [-0.2, 0) is 6.54 Å². The minimum Gasteiger partial charge on any atom is -0.338 e. The summed E-state index contributed by atoms with van der Waals surface area (Å²) in [4.78, 5) is 4.34. The minimum absolute atomic E-state index is 0.338. The molecule has 4 heteroatoms. The van der Waals surface area contributed by atoms with Crippen LogP contribution >= 0.6 is 0 Å². The van der Waals surface area contributed by atoms with Gasteiger partial charge in [-0.25, -0.2) is 0 Å². The first-order valence-electron chi connectivity index (χ1n) is 6.53. The Bertz CT molecular complexity index is 359. The van der Waals surface area contributed by atoms with Gasteiger partial charge in [0.2, 0.25) is 5.89 Å². The standard InChI is InChI=1S/C13H23N3O/c1-13(2,3)10-6-4-9(5-7-10)12-15-11(8-14)17-16-12/h9-10H,4-8,14H2,1-3H3. The van der Waals surface area contributed by atoms with Crippen LogP contribution in [0, 0.1) is 11.3 Å². The van der Waals surface area contributed by atoms with Crippen molar-refractivity contribution in [3.63, 3.8) is 0 Å². The molecule has 0 unspecified atom stereocenters. The summed E-state index contributed by atoms with van der Waals surface area (Å²) in [6.07, 6.45) is 4.87. The van der Waals surface area contributed by atoms with Gasteiger partial charge in [-0.05, 0) is 37.0 Å². The molecule has 1 saturated carbocycles. The Labute approximate surface area is 103 Å². The molecule has 0 radical (unpaired) electrons. The van der Waals surface area contributed by atoms with E-state index in [9.17, 15) is 0 Å². The van der Waals surface area contributed by atoms with Gasteiger partial charge in [0.25, 0.3) is 0 Å². The summed E-state index contributed by atoms with van der Waals surface area (Å²) in [5.74, 6) is 2.70. The molecular formula is C13H23N3O. The molecule has 2 N–H and O–H groups in total. The van der Waals surface area contributed by atoms with Gasteiger partial charge < -0.3 is 10.3 Å². The third kappa shape index (κ3) is 2.86. The first-order chi connectivity index (χ1) is 8.00. The van der Waals surface area contributed by atoms with Crippen molar-refractivity contribution in [3.05, 3.63) is 11.7 Å². The first kappa shape index (κ1) is 12.6. The molecule has 1 aliphatic rings. The maximum Gasteiger partial charge on any atom is 0.240 e. The number of rotatable bonds is 2. The quantitative estimate of drug-likeness (QED) is 0.859. The van der Waals surface area contributed by atoms with E-state index < -0.39 is 0 Å². The molecule has 0 aromatic carbocycles. The molecule has 2 rings (SSSR count). The van der Waals surface area contributed by atoms with Gasteiger partial charge in [0, 0.05) is 5.92 Å². The SMILES string of the molecule is CC(C)(C)C1CCC(c2noc(CN)n2)CC1. The van der Waals surface area contributed by atoms with E-state index in [4.69, 9.17) is 10.3 Å². The lowest BCUT2D eigenvalue weighted by atomic mass is 9.70. The van der Waals surface area contributed by atoms with Gasteiger partial charge in [-0.2, -0.15) is 4.98 Å². The number of nitrogens with zero attached hydrogens (tertiary/aromatic N) is 2. The van der Waals surface area contributed by atoms with Crippen LogP contribution in [0.2, 0.25) is 0 Å². The van der Waals surface area contributed by atoms with Crippen molar-refractivity contribution in [2.75, 3.05) is 0 Å². The third-order valence-electron chi connectivity index (χ3n) is 3.98. The second-order valence-corrected chi connectivity index (χ2v) is 6.17. The maximum absolute atomic E-state index is 5.48. The predicted octanol–water partition coefficient (Wildman–Crippen LogP) is 2.85. The van der Waals surface area contributed by atoms with E-state index in [0.29, 0.717) is 23.8 Å². The largest absolute Gasteiger partial charge is 0.338 e. The lowest BCUT2D eigenvalue weighted by Crippen LogP contribution is -2.25.